The van der Waals surface area contributed by atoms with E-state index < -0.39 is 0 Å². The van der Waals surface area contributed by atoms with Gasteiger partial charge in [-0.2, -0.15) is 0 Å². The number of hydrogen-bond donors (Lipinski definition) is 2. The second-order valence-corrected chi connectivity index (χ2v) is 5.79. The van der Waals surface area contributed by atoms with Crippen LogP contribution in [0.2, 0.25) is 0 Å². The lowest BCUT2D eigenvalue weighted by molar-refractivity contribution is 0.179. The van der Waals surface area contributed by atoms with Crippen LogP contribution < -0.4 is 0 Å². The van der Waals surface area contributed by atoms with Gasteiger partial charge < -0.3 is 10.2 Å². The molecule has 0 saturated carbocycles. The van der Waals surface area contributed by atoms with Gasteiger partial charge in [-0.3, -0.25) is 0 Å². The molecule has 2 N–H and O–H groups in total. The van der Waals surface area contributed by atoms with Gasteiger partial charge in [0.1, 0.15) is 0 Å². The molecule has 2 heteroatoms. The van der Waals surface area contributed by atoms with Gasteiger partial charge in [0.2, 0.25) is 0 Å². The van der Waals surface area contributed by atoms with Crippen molar-refractivity contribution in [1.82, 2.24) is 0 Å². The summed E-state index contributed by atoms with van der Waals surface area (Å²) in [5.41, 5.74) is 0. The Balaban J connectivity index is 0. The third-order valence-corrected chi connectivity index (χ3v) is 2.59. The lowest BCUT2D eigenvalue weighted by Gasteiger charge is -2.05. The number of hydrogen-bond acceptors (Lipinski definition) is 2. The molecule has 0 heterocycles. The molecule has 0 aromatic heterocycles. The lowest BCUT2D eigenvalue weighted by Crippen LogP contribution is -1.99. The molecule has 106 valence electrons. The monoisotopic (exact) mass is 246 g/mol. The van der Waals surface area contributed by atoms with Crippen LogP contribution in [-0.2, 0) is 0 Å². The van der Waals surface area contributed by atoms with Gasteiger partial charge in [-0.1, -0.05) is 53.4 Å². The fraction of sp³-hybridized carbons (Fsp3) is 1.00. The molecule has 0 radical (unpaired) electrons. The van der Waals surface area contributed by atoms with Crippen molar-refractivity contribution in [1.29, 1.82) is 0 Å². The quantitative estimate of drug-likeness (QED) is 0.636. The van der Waals surface area contributed by atoms with Crippen molar-refractivity contribution in [2.45, 2.75) is 79.2 Å². The Morgan fingerprint density at radius 1 is 0.706 bits per heavy atom. The van der Waals surface area contributed by atoms with Crippen molar-refractivity contribution >= 4 is 0 Å². The van der Waals surface area contributed by atoms with E-state index in [-0.39, 0.29) is 6.10 Å². The van der Waals surface area contributed by atoms with Crippen molar-refractivity contribution < 1.29 is 10.2 Å². The summed E-state index contributed by atoms with van der Waals surface area (Å²) in [5, 5.41) is 17.2. The van der Waals surface area contributed by atoms with E-state index in [9.17, 15) is 0 Å². The maximum atomic E-state index is 8.87. The SMILES string of the molecule is CC(C)CCCC(C)O.CC(C)CCCCO. The lowest BCUT2D eigenvalue weighted by atomic mass is 10.1. The summed E-state index contributed by atoms with van der Waals surface area (Å²) in [6.45, 7) is 11.0. The van der Waals surface area contributed by atoms with Crippen molar-refractivity contribution in [2.75, 3.05) is 6.61 Å². The molecule has 0 aliphatic carbocycles. The fourth-order valence-electron chi connectivity index (χ4n) is 1.49. The summed E-state index contributed by atoms with van der Waals surface area (Å²) < 4.78 is 0. The van der Waals surface area contributed by atoms with Gasteiger partial charge in [-0.05, 0) is 31.6 Å². The Kier molecular flexibility index (Phi) is 15.8. The second kappa shape index (κ2) is 14.0. The van der Waals surface area contributed by atoms with E-state index in [0.29, 0.717) is 6.61 Å². The van der Waals surface area contributed by atoms with Crippen molar-refractivity contribution in [3.63, 3.8) is 0 Å². The minimum atomic E-state index is -0.108. The Morgan fingerprint density at radius 2 is 1.18 bits per heavy atom. The summed E-state index contributed by atoms with van der Waals surface area (Å²) in [6, 6.07) is 0. The van der Waals surface area contributed by atoms with E-state index >= 15 is 0 Å². The molecule has 17 heavy (non-hydrogen) atoms. The van der Waals surface area contributed by atoms with E-state index in [0.717, 1.165) is 31.1 Å². The minimum absolute atomic E-state index is 0.108. The molecule has 0 aliphatic rings. The maximum Gasteiger partial charge on any atom is 0.0512 e. The molecule has 0 rings (SSSR count). The summed E-state index contributed by atoms with van der Waals surface area (Å²) >= 11 is 0. The molecule has 2 nitrogen and oxygen atoms in total. The van der Waals surface area contributed by atoms with Crippen LogP contribution in [0.3, 0.4) is 0 Å². The molecule has 1 atom stereocenters. The average molecular weight is 246 g/mol. The molecule has 0 bridgehead atoms. The van der Waals surface area contributed by atoms with Crippen LogP contribution in [0.5, 0.6) is 0 Å². The van der Waals surface area contributed by atoms with Crippen LogP contribution in [0.15, 0.2) is 0 Å². The zero-order valence-electron chi connectivity index (χ0n) is 12.6. The number of aliphatic hydroxyl groups excluding tert-OH is 2. The summed E-state index contributed by atoms with van der Waals surface area (Å²) in [5.74, 6) is 1.57. The number of unbranched alkanes of at least 4 members (excludes halogenated alkanes) is 1. The van der Waals surface area contributed by atoms with E-state index in [1.807, 2.05) is 6.92 Å². The highest BCUT2D eigenvalue weighted by atomic mass is 16.3. The number of aliphatic hydroxyl groups is 2. The zero-order chi connectivity index (χ0) is 13.7. The van der Waals surface area contributed by atoms with Gasteiger partial charge in [0, 0.05) is 6.61 Å². The van der Waals surface area contributed by atoms with E-state index in [1.165, 1.54) is 19.3 Å². The van der Waals surface area contributed by atoms with Crippen LogP contribution in [0.25, 0.3) is 0 Å². The molecule has 0 fully saturated rings. The van der Waals surface area contributed by atoms with E-state index in [1.54, 1.807) is 0 Å². The molecule has 0 aliphatic heterocycles. The summed E-state index contributed by atoms with van der Waals surface area (Å²) in [6.07, 6.45) is 6.65. The van der Waals surface area contributed by atoms with E-state index in [4.69, 9.17) is 10.2 Å². The number of rotatable bonds is 8. The molecule has 0 aromatic rings. The molecule has 0 spiro atoms. The highest BCUT2D eigenvalue weighted by molar-refractivity contribution is 4.50. The summed E-state index contributed by atoms with van der Waals surface area (Å²) in [4.78, 5) is 0. The standard InChI is InChI=1S/C8H18O.C7H16O/c1-7(2)5-4-6-8(3)9;1-7(2)5-3-4-6-8/h7-9H,4-6H2,1-3H3;7-8H,3-6H2,1-2H3. The Hall–Kier alpha value is -0.0800. The third-order valence-electron chi connectivity index (χ3n) is 2.59. The third kappa shape index (κ3) is 25.9. The van der Waals surface area contributed by atoms with Crippen LogP contribution in [0.1, 0.15) is 73.1 Å². The Morgan fingerprint density at radius 3 is 1.53 bits per heavy atom. The Labute approximate surface area is 108 Å². The van der Waals surface area contributed by atoms with Gasteiger partial charge in [0.25, 0.3) is 0 Å². The van der Waals surface area contributed by atoms with Crippen LogP contribution in [-0.4, -0.2) is 22.9 Å². The average Bonchev–Trinajstić information content (AvgIpc) is 2.17. The van der Waals surface area contributed by atoms with Crippen LogP contribution in [0.4, 0.5) is 0 Å². The Bertz CT molecular complexity index is 123. The first-order chi connectivity index (χ1) is 7.90. The van der Waals surface area contributed by atoms with Crippen LogP contribution >= 0.6 is 0 Å². The molecule has 0 aromatic carbocycles. The predicted molar refractivity (Wildman–Crippen MR) is 76.1 cm³/mol. The topological polar surface area (TPSA) is 40.5 Å². The summed E-state index contributed by atoms with van der Waals surface area (Å²) in [7, 11) is 0. The maximum absolute atomic E-state index is 8.87. The molecular weight excluding hydrogens is 212 g/mol. The highest BCUT2D eigenvalue weighted by Gasteiger charge is 1.96. The van der Waals surface area contributed by atoms with Crippen molar-refractivity contribution in [2.24, 2.45) is 11.8 Å². The van der Waals surface area contributed by atoms with Gasteiger partial charge in [-0.25, -0.2) is 0 Å². The van der Waals surface area contributed by atoms with Gasteiger partial charge in [0.05, 0.1) is 6.10 Å². The first kappa shape index (κ1) is 19.3. The first-order valence-corrected chi connectivity index (χ1v) is 7.19. The second-order valence-electron chi connectivity index (χ2n) is 5.79. The van der Waals surface area contributed by atoms with Crippen molar-refractivity contribution in [3.8, 4) is 0 Å². The van der Waals surface area contributed by atoms with Crippen molar-refractivity contribution in [3.05, 3.63) is 0 Å². The minimum Gasteiger partial charge on any atom is -0.396 e. The first-order valence-electron chi connectivity index (χ1n) is 7.19. The molecular formula is C15H34O2. The normalized spacial score (nSPS) is 12.5. The van der Waals surface area contributed by atoms with Gasteiger partial charge in [-0.15, -0.1) is 0 Å². The smallest absolute Gasteiger partial charge is 0.0512 e. The predicted octanol–water partition coefficient (Wildman–Crippen LogP) is 4.00. The van der Waals surface area contributed by atoms with Gasteiger partial charge in [0.15, 0.2) is 0 Å². The molecule has 0 saturated heterocycles. The highest BCUT2D eigenvalue weighted by Crippen LogP contribution is 2.07. The molecule has 0 amide bonds. The van der Waals surface area contributed by atoms with Gasteiger partial charge >= 0.3 is 0 Å². The fourth-order valence-corrected chi connectivity index (χ4v) is 1.49. The zero-order valence-corrected chi connectivity index (χ0v) is 12.6. The molecule has 1 unspecified atom stereocenters. The largest absolute Gasteiger partial charge is 0.396 e. The van der Waals surface area contributed by atoms with Crippen LogP contribution in [0, 0.1) is 11.8 Å². The van der Waals surface area contributed by atoms with E-state index in [2.05, 4.69) is 27.7 Å².